The SMILES string of the molecule is CC.CC.Cc1cc2[nH]ncc2c(C)c1C1CC1. The zero-order valence-corrected chi connectivity index (χ0v) is 12.6. The van der Waals surface area contributed by atoms with Gasteiger partial charge in [0.2, 0.25) is 0 Å². The van der Waals surface area contributed by atoms with Gasteiger partial charge in [0.1, 0.15) is 0 Å². The maximum Gasteiger partial charge on any atom is 0.0655 e. The van der Waals surface area contributed by atoms with Crippen LogP contribution in [0.4, 0.5) is 0 Å². The third-order valence-electron chi connectivity index (χ3n) is 3.25. The standard InChI is InChI=1S/C12H14N2.2C2H6/c1-7-5-11-10(6-13-14-11)8(2)12(7)9-3-4-9;2*1-2/h5-6,9H,3-4H2,1-2H3,(H,13,14);2*1-2H3. The largest absolute Gasteiger partial charge is 0.278 e. The minimum atomic E-state index is 0.828. The van der Waals surface area contributed by atoms with Gasteiger partial charge in [0.25, 0.3) is 0 Å². The van der Waals surface area contributed by atoms with E-state index >= 15 is 0 Å². The number of nitrogens with zero attached hydrogens (tertiary/aromatic N) is 1. The predicted octanol–water partition coefficient (Wildman–Crippen LogP) is 5.11. The Kier molecular flexibility index (Phi) is 5.39. The Hall–Kier alpha value is -1.31. The molecule has 0 atom stereocenters. The summed E-state index contributed by atoms with van der Waals surface area (Å²) in [5.41, 5.74) is 5.58. The normalized spacial score (nSPS) is 13.4. The van der Waals surface area contributed by atoms with Crippen LogP contribution in [0.25, 0.3) is 10.9 Å². The highest BCUT2D eigenvalue weighted by molar-refractivity contribution is 5.84. The molecule has 2 aromatic rings. The molecule has 1 aromatic carbocycles. The average molecular weight is 246 g/mol. The molecule has 1 aromatic heterocycles. The lowest BCUT2D eigenvalue weighted by Crippen LogP contribution is -1.91. The molecule has 0 unspecified atom stereocenters. The van der Waals surface area contributed by atoms with E-state index in [0.29, 0.717) is 0 Å². The predicted molar refractivity (Wildman–Crippen MR) is 80.2 cm³/mol. The molecule has 100 valence electrons. The molecular formula is C16H26N2. The fraction of sp³-hybridized carbons (Fsp3) is 0.562. The summed E-state index contributed by atoms with van der Waals surface area (Å²) in [4.78, 5) is 0. The van der Waals surface area contributed by atoms with Crippen molar-refractivity contribution >= 4 is 10.9 Å². The number of nitrogens with one attached hydrogen (secondary N) is 1. The van der Waals surface area contributed by atoms with Gasteiger partial charge >= 0.3 is 0 Å². The van der Waals surface area contributed by atoms with E-state index in [4.69, 9.17) is 0 Å². The molecule has 0 radical (unpaired) electrons. The maximum atomic E-state index is 4.10. The summed E-state index contributed by atoms with van der Waals surface area (Å²) in [7, 11) is 0. The van der Waals surface area contributed by atoms with E-state index in [2.05, 4.69) is 30.1 Å². The molecule has 0 spiro atoms. The van der Waals surface area contributed by atoms with E-state index in [1.165, 1.54) is 34.9 Å². The summed E-state index contributed by atoms with van der Waals surface area (Å²) in [6.45, 7) is 12.4. The number of aromatic amines is 1. The molecule has 1 saturated carbocycles. The summed E-state index contributed by atoms with van der Waals surface area (Å²) in [5, 5.41) is 8.43. The van der Waals surface area contributed by atoms with Crippen molar-refractivity contribution < 1.29 is 0 Å². The number of benzene rings is 1. The molecule has 18 heavy (non-hydrogen) atoms. The van der Waals surface area contributed by atoms with Crippen molar-refractivity contribution in [2.75, 3.05) is 0 Å². The minimum Gasteiger partial charge on any atom is -0.278 e. The number of fused-ring (bicyclic) bond motifs is 1. The van der Waals surface area contributed by atoms with Gasteiger partial charge in [0.15, 0.2) is 0 Å². The van der Waals surface area contributed by atoms with E-state index in [1.54, 1.807) is 5.56 Å². The number of hydrogen-bond donors (Lipinski definition) is 1. The zero-order valence-electron chi connectivity index (χ0n) is 12.6. The van der Waals surface area contributed by atoms with Crippen LogP contribution < -0.4 is 0 Å². The van der Waals surface area contributed by atoms with Crippen molar-refractivity contribution in [3.63, 3.8) is 0 Å². The molecule has 0 saturated heterocycles. The summed E-state index contributed by atoms with van der Waals surface area (Å²) >= 11 is 0. The van der Waals surface area contributed by atoms with Gasteiger partial charge in [-0.15, -0.1) is 0 Å². The monoisotopic (exact) mass is 246 g/mol. The Morgan fingerprint density at radius 2 is 1.72 bits per heavy atom. The molecule has 2 heteroatoms. The smallest absolute Gasteiger partial charge is 0.0655 e. The van der Waals surface area contributed by atoms with E-state index in [9.17, 15) is 0 Å². The molecule has 2 nitrogen and oxygen atoms in total. The highest BCUT2D eigenvalue weighted by Crippen LogP contribution is 2.44. The first-order chi connectivity index (χ1) is 8.77. The maximum absolute atomic E-state index is 4.10. The Labute approximate surface area is 111 Å². The van der Waals surface area contributed by atoms with Crippen LogP contribution in [0, 0.1) is 13.8 Å². The van der Waals surface area contributed by atoms with Crippen molar-refractivity contribution in [2.45, 2.75) is 60.3 Å². The molecule has 1 aliphatic carbocycles. The molecule has 0 bridgehead atoms. The molecule has 3 rings (SSSR count). The van der Waals surface area contributed by atoms with Gasteiger partial charge in [0.05, 0.1) is 11.7 Å². The Morgan fingerprint density at radius 3 is 2.28 bits per heavy atom. The van der Waals surface area contributed by atoms with Gasteiger partial charge in [-0.3, -0.25) is 5.10 Å². The first kappa shape index (κ1) is 14.7. The van der Waals surface area contributed by atoms with E-state index in [-0.39, 0.29) is 0 Å². The molecule has 1 heterocycles. The Bertz CT molecular complexity index is 493. The second-order valence-electron chi connectivity index (χ2n) is 4.34. The second-order valence-corrected chi connectivity index (χ2v) is 4.34. The van der Waals surface area contributed by atoms with Crippen LogP contribution in [0.15, 0.2) is 12.3 Å². The molecule has 0 amide bonds. The van der Waals surface area contributed by atoms with Crippen molar-refractivity contribution in [3.8, 4) is 0 Å². The van der Waals surface area contributed by atoms with Gasteiger partial charge in [-0.1, -0.05) is 27.7 Å². The van der Waals surface area contributed by atoms with Crippen molar-refractivity contribution in [1.82, 2.24) is 10.2 Å². The van der Waals surface area contributed by atoms with Crippen LogP contribution >= 0.6 is 0 Å². The van der Waals surface area contributed by atoms with E-state index < -0.39 is 0 Å². The number of aryl methyl sites for hydroxylation is 2. The number of hydrogen-bond acceptors (Lipinski definition) is 1. The summed E-state index contributed by atoms with van der Waals surface area (Å²) in [5.74, 6) is 0.828. The van der Waals surface area contributed by atoms with Crippen molar-refractivity contribution in [3.05, 3.63) is 29.0 Å². The van der Waals surface area contributed by atoms with Gasteiger partial charge in [-0.25, -0.2) is 0 Å². The highest BCUT2D eigenvalue weighted by Gasteiger charge is 2.27. The average Bonchev–Trinajstić information content (AvgIpc) is 3.12. The molecule has 1 fully saturated rings. The Morgan fingerprint density at radius 1 is 1.11 bits per heavy atom. The number of H-pyrrole nitrogens is 1. The zero-order chi connectivity index (χ0) is 13.7. The fourth-order valence-corrected chi connectivity index (χ4v) is 2.44. The van der Waals surface area contributed by atoms with E-state index in [1.807, 2.05) is 33.9 Å². The first-order valence-corrected chi connectivity index (χ1v) is 7.20. The summed E-state index contributed by atoms with van der Waals surface area (Å²) in [6.07, 6.45) is 4.67. The minimum absolute atomic E-state index is 0.828. The van der Waals surface area contributed by atoms with Gasteiger partial charge < -0.3 is 0 Å². The van der Waals surface area contributed by atoms with Crippen LogP contribution in [0.5, 0.6) is 0 Å². The van der Waals surface area contributed by atoms with Gasteiger partial charge in [0, 0.05) is 5.39 Å². The lowest BCUT2D eigenvalue weighted by molar-refractivity contribution is 1.08. The van der Waals surface area contributed by atoms with Crippen LogP contribution in [-0.2, 0) is 0 Å². The molecular weight excluding hydrogens is 220 g/mol. The summed E-state index contributed by atoms with van der Waals surface area (Å²) in [6, 6.07) is 2.23. The lowest BCUT2D eigenvalue weighted by Gasteiger charge is -2.09. The van der Waals surface area contributed by atoms with Crippen molar-refractivity contribution in [2.24, 2.45) is 0 Å². The van der Waals surface area contributed by atoms with Crippen LogP contribution in [0.1, 0.15) is 63.1 Å². The van der Waals surface area contributed by atoms with Gasteiger partial charge in [-0.2, -0.15) is 5.10 Å². The Balaban J connectivity index is 0.000000371. The molecule has 1 N–H and O–H groups in total. The van der Waals surface area contributed by atoms with Crippen LogP contribution in [0.2, 0.25) is 0 Å². The van der Waals surface area contributed by atoms with Crippen molar-refractivity contribution in [1.29, 1.82) is 0 Å². The lowest BCUT2D eigenvalue weighted by atomic mass is 9.96. The van der Waals surface area contributed by atoms with Gasteiger partial charge in [-0.05, 0) is 55.4 Å². The first-order valence-electron chi connectivity index (χ1n) is 7.20. The second kappa shape index (κ2) is 6.58. The topological polar surface area (TPSA) is 28.7 Å². The fourth-order valence-electron chi connectivity index (χ4n) is 2.44. The quantitative estimate of drug-likeness (QED) is 0.744. The highest BCUT2D eigenvalue weighted by atomic mass is 15.1. The van der Waals surface area contributed by atoms with Crippen LogP contribution in [-0.4, -0.2) is 10.2 Å². The van der Waals surface area contributed by atoms with Crippen LogP contribution in [0.3, 0.4) is 0 Å². The molecule has 1 aliphatic rings. The van der Waals surface area contributed by atoms with E-state index in [0.717, 1.165) is 5.92 Å². The number of aromatic nitrogens is 2. The summed E-state index contributed by atoms with van der Waals surface area (Å²) < 4.78 is 0. The third-order valence-corrected chi connectivity index (χ3v) is 3.25. The molecule has 0 aliphatic heterocycles. The third kappa shape index (κ3) is 2.74. The number of rotatable bonds is 1.